The van der Waals surface area contributed by atoms with E-state index in [1.807, 2.05) is 0 Å². The molecule has 2 aromatic heterocycles. The lowest BCUT2D eigenvalue weighted by Crippen LogP contribution is -2.32. The summed E-state index contributed by atoms with van der Waals surface area (Å²) in [5.74, 6) is -2.22. The lowest BCUT2D eigenvalue weighted by Gasteiger charge is -2.21. The molecule has 194 valence electrons. The van der Waals surface area contributed by atoms with Gasteiger partial charge in [0, 0.05) is 24.7 Å². The van der Waals surface area contributed by atoms with Crippen LogP contribution in [0, 0.1) is 12.7 Å². The quantitative estimate of drug-likeness (QED) is 0.295. The van der Waals surface area contributed by atoms with Crippen molar-refractivity contribution in [2.75, 3.05) is 6.54 Å². The molecule has 0 saturated heterocycles. The molecule has 0 fully saturated rings. The van der Waals surface area contributed by atoms with Crippen LogP contribution in [-0.2, 0) is 17.3 Å². The molecule has 1 aliphatic heterocycles. The number of nitrogens with zero attached hydrogens (tertiary/aromatic N) is 3. The van der Waals surface area contributed by atoms with Crippen molar-refractivity contribution >= 4 is 11.9 Å². The molecule has 4 aromatic rings. The molecule has 3 heterocycles. The van der Waals surface area contributed by atoms with Gasteiger partial charge in [0.05, 0.1) is 39.5 Å². The SMILES string of the molecule is Cc1nn(-c2ccnc(C(OC(=O)c3ccccc3)c3cc(F)cc(C(F)(F)F)c3)c2)c2c1C(=O)NCC2. The van der Waals surface area contributed by atoms with Crippen LogP contribution in [-0.4, -0.2) is 33.2 Å². The van der Waals surface area contributed by atoms with Crippen molar-refractivity contribution in [3.63, 3.8) is 0 Å². The Morgan fingerprint density at radius 2 is 1.87 bits per heavy atom. The summed E-state index contributed by atoms with van der Waals surface area (Å²) in [6.07, 6.45) is -4.42. The molecule has 38 heavy (non-hydrogen) atoms. The van der Waals surface area contributed by atoms with Crippen molar-refractivity contribution in [3.05, 3.63) is 112 Å². The Morgan fingerprint density at radius 3 is 2.61 bits per heavy atom. The van der Waals surface area contributed by atoms with Gasteiger partial charge in [-0.15, -0.1) is 0 Å². The summed E-state index contributed by atoms with van der Waals surface area (Å²) in [5, 5.41) is 7.23. The highest BCUT2D eigenvalue weighted by Gasteiger charge is 2.33. The summed E-state index contributed by atoms with van der Waals surface area (Å²) in [5.41, 5.74) is 0.783. The van der Waals surface area contributed by atoms with Gasteiger partial charge in [-0.25, -0.2) is 13.9 Å². The van der Waals surface area contributed by atoms with Crippen molar-refractivity contribution in [1.82, 2.24) is 20.1 Å². The van der Waals surface area contributed by atoms with E-state index in [0.29, 0.717) is 41.7 Å². The van der Waals surface area contributed by atoms with E-state index in [4.69, 9.17) is 4.74 Å². The Hall–Kier alpha value is -4.54. The second-order valence-electron chi connectivity index (χ2n) is 8.69. The van der Waals surface area contributed by atoms with Gasteiger partial charge in [0.25, 0.3) is 5.91 Å². The molecule has 1 unspecified atom stereocenters. The van der Waals surface area contributed by atoms with Gasteiger partial charge in [-0.05, 0) is 49.4 Å². The number of rotatable bonds is 5. The number of halogens is 4. The number of fused-ring (bicyclic) bond motifs is 1. The van der Waals surface area contributed by atoms with Crippen LogP contribution in [0.5, 0.6) is 0 Å². The first-order valence-electron chi connectivity index (χ1n) is 11.6. The van der Waals surface area contributed by atoms with E-state index in [1.165, 1.54) is 24.4 Å². The molecule has 1 aliphatic rings. The number of carbonyl (C=O) groups is 2. The maximum atomic E-state index is 14.4. The van der Waals surface area contributed by atoms with Crippen molar-refractivity contribution in [2.45, 2.75) is 25.6 Å². The van der Waals surface area contributed by atoms with Crippen molar-refractivity contribution in [1.29, 1.82) is 0 Å². The Balaban J connectivity index is 1.62. The second-order valence-corrected chi connectivity index (χ2v) is 8.69. The van der Waals surface area contributed by atoms with Gasteiger partial charge >= 0.3 is 12.1 Å². The number of esters is 1. The molecule has 1 amide bonds. The van der Waals surface area contributed by atoms with Gasteiger partial charge < -0.3 is 10.1 Å². The molecular formula is C27H20F4N4O3. The monoisotopic (exact) mass is 524 g/mol. The summed E-state index contributed by atoms with van der Waals surface area (Å²) in [7, 11) is 0. The fourth-order valence-corrected chi connectivity index (χ4v) is 4.39. The number of benzene rings is 2. The molecule has 1 N–H and O–H groups in total. The van der Waals surface area contributed by atoms with E-state index in [-0.39, 0.29) is 22.7 Å². The van der Waals surface area contributed by atoms with Gasteiger partial charge in [-0.3, -0.25) is 9.78 Å². The number of amides is 1. The molecule has 0 bridgehead atoms. The zero-order valence-corrected chi connectivity index (χ0v) is 19.9. The molecule has 0 spiro atoms. The molecule has 0 saturated carbocycles. The average Bonchev–Trinajstić information content (AvgIpc) is 3.24. The number of hydrogen-bond acceptors (Lipinski definition) is 5. The van der Waals surface area contributed by atoms with E-state index < -0.39 is 29.6 Å². The van der Waals surface area contributed by atoms with Crippen molar-refractivity contribution in [2.24, 2.45) is 0 Å². The van der Waals surface area contributed by atoms with E-state index in [1.54, 1.807) is 35.9 Å². The van der Waals surface area contributed by atoms with Crippen LogP contribution in [0.25, 0.3) is 5.69 Å². The molecule has 5 rings (SSSR count). The third-order valence-electron chi connectivity index (χ3n) is 6.09. The predicted molar refractivity (Wildman–Crippen MR) is 127 cm³/mol. The number of aromatic nitrogens is 3. The van der Waals surface area contributed by atoms with Crippen LogP contribution < -0.4 is 5.32 Å². The number of ether oxygens (including phenoxy) is 1. The largest absolute Gasteiger partial charge is 0.447 e. The van der Waals surface area contributed by atoms with Crippen LogP contribution in [0.4, 0.5) is 17.6 Å². The number of pyridine rings is 1. The van der Waals surface area contributed by atoms with Crippen LogP contribution in [0.1, 0.15) is 55.0 Å². The second kappa shape index (κ2) is 9.73. The first-order chi connectivity index (χ1) is 18.1. The van der Waals surface area contributed by atoms with Gasteiger partial charge in [-0.2, -0.15) is 18.3 Å². The first kappa shape index (κ1) is 25.1. The van der Waals surface area contributed by atoms with Gasteiger partial charge in [0.15, 0.2) is 6.10 Å². The molecule has 7 nitrogen and oxygen atoms in total. The summed E-state index contributed by atoms with van der Waals surface area (Å²) >= 11 is 0. The van der Waals surface area contributed by atoms with Crippen LogP contribution >= 0.6 is 0 Å². The minimum Gasteiger partial charge on any atom is -0.447 e. The minimum atomic E-state index is -4.83. The standard InChI is InChI=1S/C27H20F4N4O3/c1-15-23-22(8-10-33-25(23)36)35(34-15)20-7-9-32-21(14-20)24(38-26(37)16-5-3-2-4-6-16)17-11-18(27(29,30)31)13-19(28)12-17/h2-7,9,11-14,24H,8,10H2,1H3,(H,33,36). The number of carbonyl (C=O) groups excluding carboxylic acids is 2. The van der Waals surface area contributed by atoms with Crippen LogP contribution in [0.15, 0.2) is 66.9 Å². The normalized spacial score (nSPS) is 14.0. The summed E-state index contributed by atoms with van der Waals surface area (Å²) in [4.78, 5) is 29.5. The summed E-state index contributed by atoms with van der Waals surface area (Å²) in [6.45, 7) is 2.11. The maximum absolute atomic E-state index is 14.4. The Kier molecular flexibility index (Phi) is 6.43. The molecule has 11 heteroatoms. The summed E-state index contributed by atoms with van der Waals surface area (Å²) < 4.78 is 62.0. The topological polar surface area (TPSA) is 86.1 Å². The van der Waals surface area contributed by atoms with Crippen LogP contribution in [0.2, 0.25) is 0 Å². The van der Waals surface area contributed by atoms with Gasteiger partial charge in [0.1, 0.15) is 5.82 Å². The summed E-state index contributed by atoms with van der Waals surface area (Å²) in [6, 6.07) is 12.9. The highest BCUT2D eigenvalue weighted by molar-refractivity contribution is 5.97. The number of nitrogens with one attached hydrogen (secondary N) is 1. The van der Waals surface area contributed by atoms with E-state index in [9.17, 15) is 27.2 Å². The number of hydrogen-bond donors (Lipinski definition) is 1. The highest BCUT2D eigenvalue weighted by Crippen LogP contribution is 2.35. The smallest absolute Gasteiger partial charge is 0.416 e. The fourth-order valence-electron chi connectivity index (χ4n) is 4.39. The van der Waals surface area contributed by atoms with Gasteiger partial charge in [0.2, 0.25) is 0 Å². The Bertz CT molecular complexity index is 1530. The molecule has 1 atom stereocenters. The minimum absolute atomic E-state index is 0.0488. The van der Waals surface area contributed by atoms with E-state index in [0.717, 1.165) is 12.1 Å². The molecule has 0 radical (unpaired) electrons. The number of alkyl halides is 3. The van der Waals surface area contributed by atoms with Crippen LogP contribution in [0.3, 0.4) is 0 Å². The maximum Gasteiger partial charge on any atom is 0.416 e. The number of aryl methyl sites for hydroxylation is 1. The zero-order valence-electron chi connectivity index (χ0n) is 19.9. The molecule has 2 aromatic carbocycles. The lowest BCUT2D eigenvalue weighted by atomic mass is 10.0. The Morgan fingerprint density at radius 1 is 1.11 bits per heavy atom. The molecular weight excluding hydrogens is 504 g/mol. The van der Waals surface area contributed by atoms with Crippen molar-refractivity contribution in [3.8, 4) is 5.69 Å². The Labute approximate surface area is 214 Å². The lowest BCUT2D eigenvalue weighted by molar-refractivity contribution is -0.137. The zero-order chi connectivity index (χ0) is 27.0. The predicted octanol–water partition coefficient (Wildman–Crippen LogP) is 4.97. The first-order valence-corrected chi connectivity index (χ1v) is 11.6. The highest BCUT2D eigenvalue weighted by atomic mass is 19.4. The third kappa shape index (κ3) is 4.86. The van der Waals surface area contributed by atoms with Crippen molar-refractivity contribution < 1.29 is 31.9 Å². The average molecular weight is 524 g/mol. The molecule has 0 aliphatic carbocycles. The van der Waals surface area contributed by atoms with Gasteiger partial charge in [-0.1, -0.05) is 18.2 Å². The third-order valence-corrected chi connectivity index (χ3v) is 6.09. The van der Waals surface area contributed by atoms with E-state index >= 15 is 0 Å². The van der Waals surface area contributed by atoms with E-state index in [2.05, 4.69) is 15.4 Å². The fraction of sp³-hybridized carbons (Fsp3) is 0.185.